The molecule has 2 rings (SSSR count). The Morgan fingerprint density at radius 2 is 2.00 bits per heavy atom. The smallest absolute Gasteiger partial charge is 0.0739 e. The molecule has 1 heterocycles. The Morgan fingerprint density at radius 1 is 1.32 bits per heavy atom. The maximum Gasteiger partial charge on any atom is 0.0739 e. The van der Waals surface area contributed by atoms with Gasteiger partial charge in [-0.2, -0.15) is 5.10 Å². The number of benzene rings is 1. The van der Waals surface area contributed by atoms with Crippen LogP contribution >= 0.6 is 27.7 Å². The van der Waals surface area contributed by atoms with Crippen LogP contribution in [0.3, 0.4) is 0 Å². The summed E-state index contributed by atoms with van der Waals surface area (Å²) < 4.78 is 3.18. The van der Waals surface area contributed by atoms with Gasteiger partial charge in [0.2, 0.25) is 0 Å². The Bertz CT molecular complexity index is 549. The largest absolute Gasteiger partial charge is 0.326 e. The van der Waals surface area contributed by atoms with Crippen LogP contribution in [0.2, 0.25) is 0 Å². The molecule has 0 aliphatic rings. The van der Waals surface area contributed by atoms with E-state index in [4.69, 9.17) is 5.73 Å². The Hall–Kier alpha value is -0.780. The van der Waals surface area contributed by atoms with Crippen LogP contribution in [0.5, 0.6) is 0 Å². The predicted molar refractivity (Wildman–Crippen MR) is 84.2 cm³/mol. The summed E-state index contributed by atoms with van der Waals surface area (Å²) in [6.45, 7) is 5.64. The van der Waals surface area contributed by atoms with Gasteiger partial charge in [-0.25, -0.2) is 0 Å². The molecule has 2 aromatic rings. The van der Waals surface area contributed by atoms with Gasteiger partial charge >= 0.3 is 0 Å². The zero-order chi connectivity index (χ0) is 13.8. The van der Waals surface area contributed by atoms with E-state index in [1.54, 1.807) is 0 Å². The molecule has 0 amide bonds. The minimum atomic E-state index is 0.596. The maximum atomic E-state index is 5.60. The number of halogens is 1. The molecule has 0 saturated carbocycles. The fourth-order valence-electron chi connectivity index (χ4n) is 1.88. The topological polar surface area (TPSA) is 43.8 Å². The van der Waals surface area contributed by atoms with E-state index in [0.717, 1.165) is 22.5 Å². The lowest BCUT2D eigenvalue weighted by Crippen LogP contribution is -2.01. The van der Waals surface area contributed by atoms with E-state index in [1.165, 1.54) is 16.2 Å². The molecule has 0 atom stereocenters. The Morgan fingerprint density at radius 3 is 2.58 bits per heavy atom. The molecule has 1 aromatic carbocycles. The first-order valence-electron chi connectivity index (χ1n) is 6.29. The van der Waals surface area contributed by atoms with E-state index in [9.17, 15) is 0 Å². The minimum Gasteiger partial charge on any atom is -0.326 e. The van der Waals surface area contributed by atoms with Gasteiger partial charge in [-0.15, -0.1) is 11.8 Å². The third-order valence-corrected chi connectivity index (χ3v) is 5.04. The standard InChI is InChI=1S/C14H18BrN3S/c1-3-18-13(14(15)10(2)17-18)9-19-12-6-4-11(8-16)5-7-12/h4-7H,3,8-9,16H2,1-2H3. The van der Waals surface area contributed by atoms with E-state index < -0.39 is 0 Å². The first-order chi connectivity index (χ1) is 9.15. The summed E-state index contributed by atoms with van der Waals surface area (Å²) in [7, 11) is 0. The first kappa shape index (κ1) is 14.6. The van der Waals surface area contributed by atoms with Crippen LogP contribution in [0.1, 0.15) is 23.9 Å². The second-order valence-corrected chi connectivity index (χ2v) is 6.14. The molecule has 0 aliphatic carbocycles. The lowest BCUT2D eigenvalue weighted by Gasteiger charge is -2.06. The van der Waals surface area contributed by atoms with Crippen LogP contribution in [0.4, 0.5) is 0 Å². The van der Waals surface area contributed by atoms with Crippen molar-refractivity contribution >= 4 is 27.7 Å². The number of hydrogen-bond acceptors (Lipinski definition) is 3. The van der Waals surface area contributed by atoms with E-state index in [1.807, 2.05) is 18.7 Å². The average Bonchev–Trinajstić information content (AvgIpc) is 2.72. The number of aryl methyl sites for hydroxylation is 2. The van der Waals surface area contributed by atoms with E-state index in [2.05, 4.69) is 56.9 Å². The highest BCUT2D eigenvalue weighted by Crippen LogP contribution is 2.29. The molecule has 19 heavy (non-hydrogen) atoms. The molecule has 0 saturated heterocycles. The van der Waals surface area contributed by atoms with Crippen LogP contribution in [0, 0.1) is 6.92 Å². The number of nitrogens with zero attached hydrogens (tertiary/aromatic N) is 2. The summed E-state index contributed by atoms with van der Waals surface area (Å²) >= 11 is 5.44. The van der Waals surface area contributed by atoms with Gasteiger partial charge < -0.3 is 5.73 Å². The molecule has 3 nitrogen and oxygen atoms in total. The van der Waals surface area contributed by atoms with Crippen molar-refractivity contribution in [3.8, 4) is 0 Å². The van der Waals surface area contributed by atoms with Gasteiger partial charge in [-0.1, -0.05) is 12.1 Å². The van der Waals surface area contributed by atoms with Gasteiger partial charge in [0.15, 0.2) is 0 Å². The highest BCUT2D eigenvalue weighted by atomic mass is 79.9. The summed E-state index contributed by atoms with van der Waals surface area (Å²) in [5.41, 5.74) is 9.06. The lowest BCUT2D eigenvalue weighted by molar-refractivity contribution is 0.631. The molecule has 0 radical (unpaired) electrons. The summed E-state index contributed by atoms with van der Waals surface area (Å²) in [5.74, 6) is 0.914. The average molecular weight is 340 g/mol. The molecule has 0 spiro atoms. The van der Waals surface area contributed by atoms with Crippen LogP contribution < -0.4 is 5.73 Å². The Labute approximate surface area is 126 Å². The quantitative estimate of drug-likeness (QED) is 0.844. The number of nitrogens with two attached hydrogens (primary N) is 1. The van der Waals surface area contributed by atoms with Crippen molar-refractivity contribution in [3.05, 3.63) is 45.7 Å². The van der Waals surface area contributed by atoms with E-state index >= 15 is 0 Å². The number of rotatable bonds is 5. The van der Waals surface area contributed by atoms with Gasteiger partial charge in [0.05, 0.1) is 15.9 Å². The van der Waals surface area contributed by atoms with Crippen molar-refractivity contribution < 1.29 is 0 Å². The van der Waals surface area contributed by atoms with Gasteiger partial charge in [0.1, 0.15) is 0 Å². The number of aromatic nitrogens is 2. The molecule has 0 bridgehead atoms. The lowest BCUT2D eigenvalue weighted by atomic mass is 10.2. The van der Waals surface area contributed by atoms with Crippen LogP contribution in [0.25, 0.3) is 0 Å². The SMILES string of the molecule is CCn1nc(C)c(Br)c1CSc1ccc(CN)cc1. The van der Waals surface area contributed by atoms with Gasteiger partial charge in [0.25, 0.3) is 0 Å². The molecule has 0 aliphatic heterocycles. The molecule has 102 valence electrons. The summed E-state index contributed by atoms with van der Waals surface area (Å²) in [4.78, 5) is 1.26. The first-order valence-corrected chi connectivity index (χ1v) is 8.07. The summed E-state index contributed by atoms with van der Waals surface area (Å²) in [6.07, 6.45) is 0. The Kier molecular flexibility index (Phi) is 5.07. The van der Waals surface area contributed by atoms with Crippen LogP contribution in [0.15, 0.2) is 33.6 Å². The second-order valence-electron chi connectivity index (χ2n) is 4.30. The predicted octanol–water partition coefficient (Wildman–Crippen LogP) is 3.72. The number of hydrogen-bond donors (Lipinski definition) is 1. The minimum absolute atomic E-state index is 0.596. The molecule has 1 aromatic heterocycles. The summed E-state index contributed by atoms with van der Waals surface area (Å²) in [5, 5.41) is 4.51. The van der Waals surface area contributed by atoms with Crippen molar-refractivity contribution in [2.75, 3.05) is 0 Å². The highest BCUT2D eigenvalue weighted by Gasteiger charge is 2.12. The fraction of sp³-hybridized carbons (Fsp3) is 0.357. The van der Waals surface area contributed by atoms with E-state index in [0.29, 0.717) is 6.54 Å². The van der Waals surface area contributed by atoms with Crippen molar-refractivity contribution in [1.29, 1.82) is 0 Å². The molecule has 5 heteroatoms. The van der Waals surface area contributed by atoms with Gasteiger partial charge in [0, 0.05) is 23.7 Å². The number of thioether (sulfide) groups is 1. The van der Waals surface area contributed by atoms with Crippen molar-refractivity contribution in [1.82, 2.24) is 9.78 Å². The molecule has 0 unspecified atom stereocenters. The molecule has 0 fully saturated rings. The fourth-order valence-corrected chi connectivity index (χ4v) is 3.42. The molecular weight excluding hydrogens is 322 g/mol. The van der Waals surface area contributed by atoms with Crippen molar-refractivity contribution in [2.45, 2.75) is 37.6 Å². The van der Waals surface area contributed by atoms with E-state index in [-0.39, 0.29) is 0 Å². The second kappa shape index (κ2) is 6.59. The Balaban J connectivity index is 2.09. The van der Waals surface area contributed by atoms with Gasteiger partial charge in [-0.05, 0) is 47.5 Å². The zero-order valence-electron chi connectivity index (χ0n) is 11.2. The van der Waals surface area contributed by atoms with Gasteiger partial charge in [-0.3, -0.25) is 4.68 Å². The molecular formula is C14H18BrN3S. The normalized spacial score (nSPS) is 10.9. The van der Waals surface area contributed by atoms with Crippen molar-refractivity contribution in [3.63, 3.8) is 0 Å². The van der Waals surface area contributed by atoms with Crippen LogP contribution in [-0.2, 0) is 18.8 Å². The summed E-state index contributed by atoms with van der Waals surface area (Å²) in [6, 6.07) is 8.42. The zero-order valence-corrected chi connectivity index (χ0v) is 13.6. The maximum absolute atomic E-state index is 5.60. The third-order valence-electron chi connectivity index (χ3n) is 2.99. The monoisotopic (exact) mass is 339 g/mol. The van der Waals surface area contributed by atoms with Crippen LogP contribution in [-0.4, -0.2) is 9.78 Å². The third kappa shape index (κ3) is 3.41. The molecule has 2 N–H and O–H groups in total. The van der Waals surface area contributed by atoms with Crippen molar-refractivity contribution in [2.24, 2.45) is 5.73 Å². The highest BCUT2D eigenvalue weighted by molar-refractivity contribution is 9.10.